The summed E-state index contributed by atoms with van der Waals surface area (Å²) in [5.41, 5.74) is 17.9. The van der Waals surface area contributed by atoms with Crippen LogP contribution in [0.15, 0.2) is 296 Å². The molecular weight excluding hydrogens is 1300 g/mol. The number of benzene rings is 12. The topological polar surface area (TPSA) is 39.2 Å². The van der Waals surface area contributed by atoms with Crippen LogP contribution in [0.4, 0.5) is 0 Å². The smallest absolute Gasteiger partial charge is 0.870 e. The molecule has 3 aliphatic rings. The Morgan fingerprint density at radius 1 is 0.433 bits per heavy atom. The van der Waals surface area contributed by atoms with Gasteiger partial charge in [0.2, 0.25) is 0 Å². The zero-order valence-corrected chi connectivity index (χ0v) is 62.6. The number of fused-ring (bicyclic) bond motifs is 9. The summed E-state index contributed by atoms with van der Waals surface area (Å²) in [7, 11) is -0.687. The van der Waals surface area contributed by atoms with Gasteiger partial charge in [-0.05, 0) is 151 Å². The molecule has 0 amide bonds. The van der Waals surface area contributed by atoms with Crippen LogP contribution in [0.5, 0.6) is 5.75 Å². The maximum Gasteiger partial charge on any atom is 1.00 e. The van der Waals surface area contributed by atoms with Crippen molar-refractivity contribution in [2.24, 2.45) is 0 Å². The Kier molecular flexibility index (Phi) is 27.2. The van der Waals surface area contributed by atoms with E-state index in [1.165, 1.54) is 66.1 Å². The van der Waals surface area contributed by atoms with Crippen molar-refractivity contribution in [3.8, 4) is 41.9 Å². The van der Waals surface area contributed by atoms with Crippen LogP contribution in [0.3, 0.4) is 0 Å². The van der Waals surface area contributed by atoms with E-state index in [1.807, 2.05) is 37.3 Å². The molecule has 2 aliphatic carbocycles. The van der Waals surface area contributed by atoms with Crippen LogP contribution >= 0.6 is 15.9 Å². The van der Waals surface area contributed by atoms with Crippen molar-refractivity contribution < 1.29 is 61.6 Å². The van der Waals surface area contributed by atoms with Crippen molar-refractivity contribution >= 4 is 84.1 Å². The molecule has 0 fully saturated rings. The first kappa shape index (κ1) is 76.0. The van der Waals surface area contributed by atoms with Gasteiger partial charge in [0.05, 0.1) is 0 Å². The molecule has 478 valence electrons. The standard InChI is InChI=1S/C29H22.C27H18O.C26H19Br.C5H10Si.C2H8Si.2CH4.K.H2O/c1-2-9-22-14-17-27-23(20-22)15-16-24-21-29(19-18-28(24)27,25-10-5-3-6-11-25)26-12-7-4-8-13-26;1-2-20-13-15-24-21(19-20)14-16-26-25(24)17-18-27(28-26,22-9-5-3-6-10-22)23-11-7-4-8-12-23;27-23-13-14-24-19(17-23)11-12-20-18-26(16-15-25(20)24,21-7-3-1-4-8-21)22-9-5-2-6-10-22;1-5-6(2,3)4;1-3-2;;;;/h3-8,10-20H,21H2,1H3;1,3-19H;1-17H,18H2;1H,2-4H3;3H2,1-2H3;2*1H4;;1H2/q;;;;;;;+1;/p-1. The molecule has 0 unspecified atom stereocenters. The van der Waals surface area contributed by atoms with E-state index in [2.05, 4.69) is 351 Å². The number of hydrogen-bond acceptors (Lipinski definition) is 2. The summed E-state index contributed by atoms with van der Waals surface area (Å²) in [6, 6.07) is 96.6. The van der Waals surface area contributed by atoms with Gasteiger partial charge in [-0.1, -0.05) is 330 Å². The van der Waals surface area contributed by atoms with Crippen LogP contribution in [0.25, 0.3) is 50.5 Å². The van der Waals surface area contributed by atoms with Gasteiger partial charge in [0.1, 0.15) is 13.8 Å². The zero-order chi connectivity index (χ0) is 64.8. The maximum absolute atomic E-state index is 6.73. The number of halogens is 1. The zero-order valence-electron chi connectivity index (χ0n) is 55.5. The van der Waals surface area contributed by atoms with Gasteiger partial charge in [-0.15, -0.1) is 24.3 Å². The number of hydrogen-bond donors (Lipinski definition) is 0. The van der Waals surface area contributed by atoms with Gasteiger partial charge in [-0.3, -0.25) is 0 Å². The Hall–Kier alpha value is -8.37. The molecule has 0 bridgehead atoms. The van der Waals surface area contributed by atoms with Crippen LogP contribution in [0.1, 0.15) is 94.1 Å². The van der Waals surface area contributed by atoms with Crippen LogP contribution < -0.4 is 56.1 Å². The number of rotatable bonds is 6. The molecule has 12 aromatic rings. The van der Waals surface area contributed by atoms with E-state index in [-0.39, 0.29) is 82.5 Å². The van der Waals surface area contributed by atoms with E-state index in [1.54, 1.807) is 0 Å². The van der Waals surface area contributed by atoms with Gasteiger partial charge in [0.25, 0.3) is 0 Å². The largest absolute Gasteiger partial charge is 1.00 e. The molecule has 97 heavy (non-hydrogen) atoms. The predicted molar refractivity (Wildman–Crippen MR) is 424 cm³/mol. The summed E-state index contributed by atoms with van der Waals surface area (Å²) in [4.78, 5) is 0. The second kappa shape index (κ2) is 34.7. The molecule has 0 aromatic heterocycles. The minimum absolute atomic E-state index is 0. The fourth-order valence-electron chi connectivity index (χ4n) is 12.9. The molecule has 15 rings (SSSR count). The monoisotopic (exact) mass is 1380 g/mol. The average Bonchev–Trinajstić information content (AvgIpc) is 0.758. The molecular formula is C91H86BrKO2Si2. The normalized spacial score (nSPS) is 13.2. The number of terminal acetylenes is 2. The summed E-state index contributed by atoms with van der Waals surface area (Å²) in [5, 5.41) is 7.41. The van der Waals surface area contributed by atoms with Crippen LogP contribution in [-0.2, 0) is 29.3 Å². The van der Waals surface area contributed by atoms with Crippen molar-refractivity contribution in [3.63, 3.8) is 0 Å². The Balaban J connectivity index is 0.000000189. The molecule has 0 radical (unpaired) electrons. The Morgan fingerprint density at radius 2 is 0.773 bits per heavy atom. The van der Waals surface area contributed by atoms with Crippen molar-refractivity contribution in [2.45, 2.75) is 83.8 Å². The van der Waals surface area contributed by atoms with Crippen LogP contribution in [0, 0.1) is 36.2 Å². The molecule has 0 spiro atoms. The van der Waals surface area contributed by atoms with Gasteiger partial charge >= 0.3 is 51.4 Å². The molecule has 1 N–H and O–H groups in total. The average molecular weight is 1390 g/mol. The van der Waals surface area contributed by atoms with E-state index < -0.39 is 13.7 Å². The second-order valence-electron chi connectivity index (χ2n) is 24.9. The molecule has 1 heterocycles. The predicted octanol–water partition coefficient (Wildman–Crippen LogP) is 19.9. The van der Waals surface area contributed by atoms with Crippen LogP contribution in [-0.4, -0.2) is 23.1 Å². The third kappa shape index (κ3) is 17.0. The third-order valence-corrected chi connectivity index (χ3v) is 18.8. The quantitative estimate of drug-likeness (QED) is 0.123. The summed E-state index contributed by atoms with van der Waals surface area (Å²) < 4.78 is 7.85. The molecule has 0 saturated heterocycles. The molecule has 1 aliphatic heterocycles. The molecule has 0 saturated carbocycles. The van der Waals surface area contributed by atoms with E-state index in [0.717, 1.165) is 61.7 Å². The number of ether oxygens (including phenoxy) is 1. The molecule has 12 aromatic carbocycles. The van der Waals surface area contributed by atoms with Gasteiger partial charge in [0.15, 0.2) is 5.60 Å². The fourth-order valence-corrected chi connectivity index (χ4v) is 13.3. The Labute approximate surface area is 632 Å². The van der Waals surface area contributed by atoms with Gasteiger partial charge in [-0.2, -0.15) is 0 Å². The Morgan fingerprint density at radius 3 is 1.16 bits per heavy atom. The van der Waals surface area contributed by atoms with Crippen molar-refractivity contribution in [3.05, 3.63) is 368 Å². The minimum atomic E-state index is -1.10. The third-order valence-electron chi connectivity index (χ3n) is 17.5. The van der Waals surface area contributed by atoms with E-state index in [0.29, 0.717) is 9.52 Å². The van der Waals surface area contributed by atoms with E-state index in [9.17, 15) is 0 Å². The van der Waals surface area contributed by atoms with Gasteiger partial charge in [0, 0.05) is 52.6 Å². The first-order valence-electron chi connectivity index (χ1n) is 32.1. The van der Waals surface area contributed by atoms with Crippen molar-refractivity contribution in [1.82, 2.24) is 0 Å². The molecule has 0 atom stereocenters. The van der Waals surface area contributed by atoms with Gasteiger partial charge in [-0.25, -0.2) is 0 Å². The van der Waals surface area contributed by atoms with Crippen molar-refractivity contribution in [2.75, 3.05) is 0 Å². The van der Waals surface area contributed by atoms with E-state index in [4.69, 9.17) is 17.6 Å². The summed E-state index contributed by atoms with van der Waals surface area (Å²) in [6.45, 7) is 12.8. The minimum Gasteiger partial charge on any atom is -0.870 e. The van der Waals surface area contributed by atoms with E-state index >= 15 is 0 Å². The maximum atomic E-state index is 6.73. The van der Waals surface area contributed by atoms with Gasteiger partial charge < -0.3 is 10.2 Å². The fraction of sp³-hybridized carbons (Fsp3) is 0.143. The summed E-state index contributed by atoms with van der Waals surface area (Å²) >= 11 is 3.59. The first-order valence-corrected chi connectivity index (χ1v) is 39.3. The number of allylic oxidation sites excluding steroid dienone is 2. The Bertz CT molecular complexity index is 4720. The first-order chi connectivity index (χ1) is 45.3. The summed E-state index contributed by atoms with van der Waals surface area (Å²) in [6.07, 6.45) is 26.4. The molecule has 6 heteroatoms. The second-order valence-corrected chi connectivity index (χ2v) is 32.1. The molecule has 2 nitrogen and oxygen atoms in total. The van der Waals surface area contributed by atoms with Crippen molar-refractivity contribution in [1.29, 1.82) is 0 Å². The summed E-state index contributed by atoms with van der Waals surface area (Å²) in [5.74, 6) is 9.74. The van der Waals surface area contributed by atoms with Crippen LogP contribution in [0.2, 0.25) is 32.7 Å². The SMILES string of the molecule is Brc1ccc2c3c(ccc2c1)CC(c1ccccc1)(c1ccccc1)C=C3.C.C.C#C[Si](C)(C)C.C#Cc1ccc2c3c(ccc2c1)OC(c1ccccc1)(c1ccccc1)C=C3.CC#Cc1ccc2c3c(ccc2c1)CC(c1ccccc1)(c1ccccc1)C=C3.C[SiH2]C.[K+].[OH-].